The van der Waals surface area contributed by atoms with E-state index in [2.05, 4.69) is 0 Å². The first kappa shape index (κ1) is 14.5. The first-order valence-electron chi connectivity index (χ1n) is 6.37. The lowest BCUT2D eigenvalue weighted by Gasteiger charge is -2.29. The summed E-state index contributed by atoms with van der Waals surface area (Å²) in [5.41, 5.74) is -1.38. The van der Waals surface area contributed by atoms with Crippen LogP contribution in [0.4, 0.5) is 8.78 Å². The maximum Gasteiger partial charge on any atom is 0.341 e. The summed E-state index contributed by atoms with van der Waals surface area (Å²) >= 11 is 0. The summed E-state index contributed by atoms with van der Waals surface area (Å²) in [6, 6.07) is 0.237. The van der Waals surface area contributed by atoms with E-state index in [4.69, 9.17) is 14.6 Å². The second-order valence-corrected chi connectivity index (χ2v) is 4.90. The molecular weight excluding hydrogens is 300 g/mol. The van der Waals surface area contributed by atoms with Crippen LogP contribution < -0.4 is 10.2 Å². The molecule has 1 aliphatic rings. The molecule has 0 bridgehead atoms. The van der Waals surface area contributed by atoms with Crippen molar-refractivity contribution >= 4 is 16.9 Å². The van der Waals surface area contributed by atoms with Gasteiger partial charge in [0.1, 0.15) is 12.2 Å². The molecule has 22 heavy (non-hydrogen) atoms. The molecule has 2 aromatic rings. The molecule has 6 nitrogen and oxygen atoms in total. The van der Waals surface area contributed by atoms with Gasteiger partial charge in [-0.25, -0.2) is 9.18 Å². The van der Waals surface area contributed by atoms with E-state index in [9.17, 15) is 18.4 Å². The van der Waals surface area contributed by atoms with Crippen LogP contribution in [0.15, 0.2) is 17.1 Å². The summed E-state index contributed by atoms with van der Waals surface area (Å²) in [5.74, 6) is -4.31. The molecule has 1 aliphatic heterocycles. The minimum Gasteiger partial charge on any atom is -0.486 e. The van der Waals surface area contributed by atoms with E-state index in [0.717, 1.165) is 6.20 Å². The van der Waals surface area contributed by atoms with Crippen LogP contribution in [0.2, 0.25) is 0 Å². The number of ether oxygens (including phenoxy) is 2. The van der Waals surface area contributed by atoms with Crippen molar-refractivity contribution in [3.63, 3.8) is 0 Å². The number of nitrogens with zero attached hydrogens (tertiary/aromatic N) is 1. The number of hydrogen-bond donors (Lipinski definition) is 1. The number of halogens is 2. The van der Waals surface area contributed by atoms with Crippen molar-refractivity contribution in [2.45, 2.75) is 6.04 Å². The number of pyridine rings is 1. The first-order chi connectivity index (χ1) is 10.5. The summed E-state index contributed by atoms with van der Waals surface area (Å²) in [4.78, 5) is 23.4. The van der Waals surface area contributed by atoms with E-state index < -0.39 is 40.4 Å². The third-order valence-electron chi connectivity index (χ3n) is 3.57. The highest BCUT2D eigenvalue weighted by molar-refractivity contribution is 5.94. The monoisotopic (exact) mass is 311 g/mol. The molecule has 1 N–H and O–H groups in total. The lowest BCUT2D eigenvalue weighted by Crippen LogP contribution is -2.30. The predicted octanol–water partition coefficient (Wildman–Crippen LogP) is 1.56. The molecule has 1 aromatic carbocycles. The summed E-state index contributed by atoms with van der Waals surface area (Å²) in [6.45, 7) is 0.133. The molecule has 0 radical (unpaired) electrons. The van der Waals surface area contributed by atoms with Gasteiger partial charge >= 0.3 is 5.97 Å². The molecule has 0 saturated carbocycles. The van der Waals surface area contributed by atoms with E-state index in [1.165, 1.54) is 11.7 Å². The summed E-state index contributed by atoms with van der Waals surface area (Å²) in [7, 11) is 1.44. The SMILES string of the molecule is COCC1COc2c(F)c(F)cc3c(=O)c(C(=O)O)cn1c23. The highest BCUT2D eigenvalue weighted by atomic mass is 19.2. The zero-order valence-corrected chi connectivity index (χ0v) is 11.4. The third kappa shape index (κ3) is 1.95. The fraction of sp³-hybridized carbons (Fsp3) is 0.286. The minimum atomic E-state index is -1.44. The van der Waals surface area contributed by atoms with Gasteiger partial charge in [0.2, 0.25) is 11.2 Å². The Labute approximate surface area is 122 Å². The molecule has 0 aliphatic carbocycles. The van der Waals surface area contributed by atoms with Crippen LogP contribution in [0.1, 0.15) is 16.4 Å². The molecule has 2 heterocycles. The second-order valence-electron chi connectivity index (χ2n) is 4.90. The summed E-state index contributed by atoms with van der Waals surface area (Å²) in [5, 5.41) is 8.89. The molecule has 116 valence electrons. The molecule has 8 heteroatoms. The zero-order chi connectivity index (χ0) is 16.0. The van der Waals surface area contributed by atoms with Crippen LogP contribution >= 0.6 is 0 Å². The van der Waals surface area contributed by atoms with Crippen LogP contribution in [-0.4, -0.2) is 36.0 Å². The van der Waals surface area contributed by atoms with Gasteiger partial charge in [0.05, 0.1) is 23.6 Å². The lowest BCUT2D eigenvalue weighted by molar-refractivity contribution is 0.0692. The van der Waals surface area contributed by atoms with E-state index in [1.54, 1.807) is 0 Å². The highest BCUT2D eigenvalue weighted by Crippen LogP contribution is 2.35. The Balaban J connectivity index is 2.46. The maximum atomic E-state index is 13.9. The van der Waals surface area contributed by atoms with Crippen LogP contribution in [0.5, 0.6) is 5.75 Å². The first-order valence-corrected chi connectivity index (χ1v) is 6.37. The molecule has 0 spiro atoms. The number of carboxylic acid groups (broad SMARTS) is 1. The smallest absolute Gasteiger partial charge is 0.341 e. The van der Waals surface area contributed by atoms with Gasteiger partial charge in [-0.2, -0.15) is 4.39 Å². The number of rotatable bonds is 3. The van der Waals surface area contributed by atoms with Crippen LogP contribution in [-0.2, 0) is 4.74 Å². The fourth-order valence-corrected chi connectivity index (χ4v) is 2.58. The summed E-state index contributed by atoms with van der Waals surface area (Å²) in [6.07, 6.45) is 1.11. The van der Waals surface area contributed by atoms with E-state index in [-0.39, 0.29) is 24.1 Å². The number of carbonyl (C=O) groups is 1. The summed E-state index contributed by atoms with van der Waals surface area (Å²) < 4.78 is 39.2. The Bertz CT molecular complexity index is 845. The molecule has 0 amide bonds. The van der Waals surface area contributed by atoms with Crippen molar-refractivity contribution in [3.8, 4) is 5.75 Å². The molecular formula is C14H11F2NO5. The molecule has 0 fully saturated rings. The number of hydrogen-bond acceptors (Lipinski definition) is 4. The van der Waals surface area contributed by atoms with Crippen LogP contribution in [0.3, 0.4) is 0 Å². The maximum absolute atomic E-state index is 13.9. The van der Waals surface area contributed by atoms with Crippen molar-refractivity contribution in [1.29, 1.82) is 0 Å². The van der Waals surface area contributed by atoms with Gasteiger partial charge in [0.15, 0.2) is 11.6 Å². The van der Waals surface area contributed by atoms with E-state index >= 15 is 0 Å². The van der Waals surface area contributed by atoms with Gasteiger partial charge in [-0.05, 0) is 6.07 Å². The van der Waals surface area contributed by atoms with Crippen LogP contribution in [0.25, 0.3) is 10.9 Å². The van der Waals surface area contributed by atoms with Crippen molar-refractivity contribution in [3.05, 3.63) is 39.7 Å². The molecule has 1 unspecified atom stereocenters. The van der Waals surface area contributed by atoms with E-state index in [0.29, 0.717) is 6.07 Å². The topological polar surface area (TPSA) is 77.8 Å². The number of aromatic nitrogens is 1. The zero-order valence-electron chi connectivity index (χ0n) is 11.4. The number of aromatic carboxylic acids is 1. The number of benzene rings is 1. The van der Waals surface area contributed by atoms with Gasteiger partial charge < -0.3 is 19.1 Å². The molecule has 0 saturated heterocycles. The van der Waals surface area contributed by atoms with Gasteiger partial charge in [0.25, 0.3) is 0 Å². The molecule has 1 atom stereocenters. The standard InChI is InChI=1S/C14H11F2NO5/c1-21-4-6-5-22-13-10(16)9(15)2-7-11(13)17(6)3-8(12(7)18)14(19)20/h2-3,6H,4-5H2,1H3,(H,19,20). The predicted molar refractivity (Wildman–Crippen MR) is 71.5 cm³/mol. The van der Waals surface area contributed by atoms with Gasteiger partial charge in [0, 0.05) is 13.3 Å². The van der Waals surface area contributed by atoms with Crippen LogP contribution in [0, 0.1) is 11.6 Å². The Morgan fingerprint density at radius 3 is 2.91 bits per heavy atom. The Morgan fingerprint density at radius 1 is 1.55 bits per heavy atom. The van der Waals surface area contributed by atoms with Crippen molar-refractivity contribution < 1.29 is 28.2 Å². The Morgan fingerprint density at radius 2 is 2.27 bits per heavy atom. The van der Waals surface area contributed by atoms with Gasteiger partial charge in [-0.15, -0.1) is 0 Å². The Hall–Kier alpha value is -2.48. The lowest BCUT2D eigenvalue weighted by atomic mass is 10.1. The van der Waals surface area contributed by atoms with Gasteiger partial charge in [-0.1, -0.05) is 0 Å². The van der Waals surface area contributed by atoms with E-state index in [1.807, 2.05) is 0 Å². The largest absolute Gasteiger partial charge is 0.486 e. The average Bonchev–Trinajstić information content (AvgIpc) is 2.48. The second kappa shape index (κ2) is 5.06. The fourth-order valence-electron chi connectivity index (χ4n) is 2.58. The van der Waals surface area contributed by atoms with Gasteiger partial charge in [-0.3, -0.25) is 4.79 Å². The molecule has 3 rings (SSSR count). The minimum absolute atomic E-state index is 0.0295. The number of carboxylic acids is 1. The van der Waals surface area contributed by atoms with Crippen molar-refractivity contribution in [2.24, 2.45) is 0 Å². The molecule has 1 aromatic heterocycles. The quantitative estimate of drug-likeness (QED) is 0.930. The van der Waals surface area contributed by atoms with Crippen molar-refractivity contribution in [2.75, 3.05) is 20.3 Å². The third-order valence-corrected chi connectivity index (χ3v) is 3.57. The normalized spacial score (nSPS) is 16.6. The van der Waals surface area contributed by atoms with Crippen molar-refractivity contribution in [1.82, 2.24) is 4.57 Å². The highest BCUT2D eigenvalue weighted by Gasteiger charge is 2.29. The Kier molecular flexibility index (Phi) is 3.32. The average molecular weight is 311 g/mol. The number of methoxy groups -OCH3 is 1.